The van der Waals surface area contributed by atoms with Gasteiger partial charge in [-0.2, -0.15) is 0 Å². The number of aliphatic carboxylic acids is 1. The lowest BCUT2D eigenvalue weighted by Gasteiger charge is -2.30. The zero-order valence-electron chi connectivity index (χ0n) is 34.3. The number of carbonyl (C=O) groups is 7. The number of amides is 6. The van der Waals surface area contributed by atoms with Crippen molar-refractivity contribution in [3.05, 3.63) is 148 Å². The number of thiophene rings is 1. The van der Waals surface area contributed by atoms with Crippen LogP contribution in [0.5, 0.6) is 0 Å². The van der Waals surface area contributed by atoms with Gasteiger partial charge in [0.05, 0.1) is 0 Å². The van der Waals surface area contributed by atoms with Gasteiger partial charge in [0.15, 0.2) is 0 Å². The van der Waals surface area contributed by atoms with Crippen molar-refractivity contribution in [2.24, 2.45) is 0 Å². The first-order valence-corrected chi connectivity index (χ1v) is 21.7. The van der Waals surface area contributed by atoms with Crippen LogP contribution in [0.4, 0.5) is 5.69 Å². The SMILES string of the molecule is O=C1CCC(=O)N[C@H](Cc2cccs2)C(=O)N[C@@H](Cc2ccc(-c3ccccc3)cc2)C(=O)N[C@H](Cc2ccccc2)C(=O)NC(C(=O)N2CCC[C@@H]2C(=O)O)c2ccc(cc2)N1. The molecule has 0 radical (unpaired) electrons. The van der Waals surface area contributed by atoms with Crippen molar-refractivity contribution in [3.63, 3.8) is 0 Å². The number of carboxylic acids is 1. The first-order chi connectivity index (χ1) is 30.5. The van der Waals surface area contributed by atoms with Gasteiger partial charge in [-0.3, -0.25) is 28.8 Å². The molecule has 6 N–H and O–H groups in total. The Labute approximate surface area is 368 Å². The summed E-state index contributed by atoms with van der Waals surface area (Å²) in [4.78, 5) is 98.5. The summed E-state index contributed by atoms with van der Waals surface area (Å²) in [5, 5.41) is 25.9. The van der Waals surface area contributed by atoms with Crippen LogP contribution >= 0.6 is 11.3 Å². The highest BCUT2D eigenvalue weighted by Crippen LogP contribution is 2.26. The van der Waals surface area contributed by atoms with E-state index in [1.807, 2.05) is 78.2 Å². The maximum atomic E-state index is 14.7. The summed E-state index contributed by atoms with van der Waals surface area (Å²) < 4.78 is 0. The lowest BCUT2D eigenvalue weighted by atomic mass is 9.98. The smallest absolute Gasteiger partial charge is 0.326 e. The fourth-order valence-corrected chi connectivity index (χ4v) is 8.56. The number of nitrogens with zero attached hydrogens (tertiary/aromatic N) is 1. The van der Waals surface area contributed by atoms with Gasteiger partial charge in [-0.25, -0.2) is 4.79 Å². The minimum atomic E-state index is -1.37. The lowest BCUT2D eigenvalue weighted by Crippen LogP contribution is -2.58. The molecule has 5 aromatic rings. The Bertz CT molecular complexity index is 2410. The third kappa shape index (κ3) is 11.6. The number of benzene rings is 4. The van der Waals surface area contributed by atoms with E-state index in [2.05, 4.69) is 26.6 Å². The van der Waals surface area contributed by atoms with Gasteiger partial charge >= 0.3 is 5.97 Å². The largest absolute Gasteiger partial charge is 0.480 e. The standard InChI is InChI=1S/C48H48N6O8S/c55-41-23-24-42(56)50-39(29-36-13-8-26-63-36)45(58)51-37(28-31-15-17-33(18-16-31)32-11-5-2-6-12-32)44(57)52-38(27-30-9-3-1-4-10-30)46(59)53-43(34-19-21-35(49-41)22-20-34)47(60)54-25-7-14-40(54)48(61)62/h1-6,8-13,15-22,26,37-40,43H,7,14,23-25,27-29H2,(H,49,55)(H,50,56)(H,51,58)(H,52,57)(H,53,59)(H,61,62)/t37-,38+,39+,40+,43?/m0/s1. The molecule has 6 amide bonds. The number of carbonyl (C=O) groups excluding carboxylic acids is 6. The molecule has 8 rings (SSSR count). The number of nitrogens with one attached hydrogen (secondary N) is 5. The van der Waals surface area contributed by atoms with E-state index >= 15 is 0 Å². The fraction of sp³-hybridized carbons (Fsp3) is 0.271. The quantitative estimate of drug-likeness (QED) is 0.116. The maximum Gasteiger partial charge on any atom is 0.326 e. The van der Waals surface area contributed by atoms with Gasteiger partial charge in [0, 0.05) is 49.2 Å². The minimum Gasteiger partial charge on any atom is -0.480 e. The minimum absolute atomic E-state index is 0.00470. The van der Waals surface area contributed by atoms with E-state index in [4.69, 9.17) is 0 Å². The number of hydrogen-bond acceptors (Lipinski definition) is 8. The molecular weight excluding hydrogens is 821 g/mol. The number of anilines is 1. The molecule has 1 fully saturated rings. The molecular formula is C48H48N6O8S. The average molecular weight is 869 g/mol. The first kappa shape index (κ1) is 43.9. The summed E-state index contributed by atoms with van der Waals surface area (Å²) in [7, 11) is 0. The molecule has 14 nitrogen and oxygen atoms in total. The molecule has 0 saturated carbocycles. The van der Waals surface area contributed by atoms with Crippen molar-refractivity contribution < 1.29 is 38.7 Å². The van der Waals surface area contributed by atoms with E-state index in [1.54, 1.807) is 48.5 Å². The van der Waals surface area contributed by atoms with Crippen molar-refractivity contribution in [1.29, 1.82) is 0 Å². The molecule has 4 heterocycles. The van der Waals surface area contributed by atoms with Gasteiger partial charge in [0.25, 0.3) is 5.91 Å². The number of hydrogen-bond donors (Lipinski definition) is 6. The van der Waals surface area contributed by atoms with E-state index in [-0.39, 0.29) is 45.1 Å². The molecule has 1 unspecified atom stereocenters. The first-order valence-electron chi connectivity index (χ1n) is 20.8. The third-order valence-electron chi connectivity index (χ3n) is 11.1. The predicted molar refractivity (Wildman–Crippen MR) is 237 cm³/mol. The van der Waals surface area contributed by atoms with Crippen molar-refractivity contribution >= 4 is 58.4 Å². The Morgan fingerprint density at radius 2 is 1.17 bits per heavy atom. The second kappa shape index (κ2) is 20.6. The van der Waals surface area contributed by atoms with Crippen molar-refractivity contribution in [3.8, 4) is 11.1 Å². The van der Waals surface area contributed by atoms with Gasteiger partial charge in [-0.05, 0) is 64.2 Å². The molecule has 63 heavy (non-hydrogen) atoms. The topological polar surface area (TPSA) is 203 Å². The van der Waals surface area contributed by atoms with E-state index in [1.165, 1.54) is 16.2 Å². The number of carboxylic acid groups (broad SMARTS) is 1. The molecule has 0 aliphatic carbocycles. The van der Waals surface area contributed by atoms with E-state index < -0.39 is 71.6 Å². The van der Waals surface area contributed by atoms with Gasteiger partial charge in [0.1, 0.15) is 30.2 Å². The van der Waals surface area contributed by atoms with E-state index in [0.717, 1.165) is 16.0 Å². The second-order valence-electron chi connectivity index (χ2n) is 15.6. The Morgan fingerprint density at radius 1 is 0.603 bits per heavy atom. The van der Waals surface area contributed by atoms with Crippen LogP contribution in [-0.4, -0.2) is 82.1 Å². The molecule has 1 saturated heterocycles. The molecule has 0 spiro atoms. The highest BCUT2D eigenvalue weighted by Gasteiger charge is 2.39. The predicted octanol–water partition coefficient (Wildman–Crippen LogP) is 4.56. The third-order valence-corrected chi connectivity index (χ3v) is 12.0. The molecule has 4 aromatic carbocycles. The zero-order chi connectivity index (χ0) is 44.3. The van der Waals surface area contributed by atoms with Crippen molar-refractivity contribution in [2.75, 3.05) is 11.9 Å². The zero-order valence-corrected chi connectivity index (χ0v) is 35.1. The van der Waals surface area contributed by atoms with Crippen LogP contribution in [0.3, 0.4) is 0 Å². The van der Waals surface area contributed by atoms with E-state index in [9.17, 15) is 38.7 Å². The fourth-order valence-electron chi connectivity index (χ4n) is 7.81. The van der Waals surface area contributed by atoms with Gasteiger partial charge in [-0.15, -0.1) is 11.3 Å². The number of rotatable bonds is 9. The molecule has 3 aliphatic heterocycles. The molecule has 5 atom stereocenters. The average Bonchev–Trinajstić information content (AvgIpc) is 4.01. The number of fused-ring (bicyclic) bond motifs is 17. The Balaban J connectivity index is 1.25. The van der Waals surface area contributed by atoms with Crippen LogP contribution in [0.1, 0.15) is 53.3 Å². The van der Waals surface area contributed by atoms with Crippen LogP contribution in [-0.2, 0) is 52.8 Å². The summed E-state index contributed by atoms with van der Waals surface area (Å²) in [5.74, 6) is -4.92. The molecule has 3 aliphatic rings. The van der Waals surface area contributed by atoms with Gasteiger partial charge < -0.3 is 36.6 Å². The van der Waals surface area contributed by atoms with E-state index in [0.29, 0.717) is 28.8 Å². The second-order valence-corrected chi connectivity index (χ2v) is 16.7. The molecule has 1 aromatic heterocycles. The summed E-state index contributed by atoms with van der Waals surface area (Å²) in [5.41, 5.74) is 3.99. The van der Waals surface area contributed by atoms with Gasteiger partial charge in [0.2, 0.25) is 29.5 Å². The summed E-state index contributed by atoms with van der Waals surface area (Å²) in [6.45, 7) is 0.162. The maximum absolute atomic E-state index is 14.7. The summed E-state index contributed by atoms with van der Waals surface area (Å²) in [6, 6.07) is 30.0. The monoisotopic (exact) mass is 868 g/mol. The summed E-state index contributed by atoms with van der Waals surface area (Å²) >= 11 is 1.40. The van der Waals surface area contributed by atoms with Gasteiger partial charge in [-0.1, -0.05) is 103 Å². The highest BCUT2D eigenvalue weighted by atomic mass is 32.1. The Hall–Kier alpha value is -7.13. The molecule has 2 bridgehead atoms. The Kier molecular flexibility index (Phi) is 14.4. The van der Waals surface area contributed by atoms with Crippen molar-refractivity contribution in [1.82, 2.24) is 26.2 Å². The lowest BCUT2D eigenvalue weighted by molar-refractivity contribution is -0.149. The number of likely N-dealkylation sites (tertiary alicyclic amines) is 1. The van der Waals surface area contributed by atoms with Crippen molar-refractivity contribution in [2.45, 2.75) is 75.2 Å². The van der Waals surface area contributed by atoms with Crippen LogP contribution < -0.4 is 26.6 Å². The van der Waals surface area contributed by atoms with Crippen LogP contribution in [0.15, 0.2) is 127 Å². The van der Waals surface area contributed by atoms with Crippen LogP contribution in [0.25, 0.3) is 11.1 Å². The van der Waals surface area contributed by atoms with Crippen LogP contribution in [0.2, 0.25) is 0 Å². The normalized spacial score (nSPS) is 21.4. The van der Waals surface area contributed by atoms with Crippen LogP contribution in [0, 0.1) is 0 Å². The molecule has 324 valence electrons. The Morgan fingerprint density at radius 3 is 1.79 bits per heavy atom. The molecule has 15 heteroatoms. The highest BCUT2D eigenvalue weighted by molar-refractivity contribution is 7.09. The summed E-state index contributed by atoms with van der Waals surface area (Å²) in [6.07, 6.45) is 0.363.